The molecule has 3 heterocycles. The number of nitrogens with zero attached hydrogens (tertiary/aromatic N) is 3. The molecular weight excluding hydrogens is 403 g/mol. The number of halogens is 3. The van der Waals surface area contributed by atoms with Crippen LogP contribution in [0.25, 0.3) is 10.9 Å². The van der Waals surface area contributed by atoms with Gasteiger partial charge in [-0.3, -0.25) is 14.3 Å². The average molecular weight is 419 g/mol. The third kappa shape index (κ3) is 3.78. The number of ether oxygens (including phenoxy) is 1. The molecule has 1 atom stereocenters. The normalized spacial score (nSPS) is 16.5. The molecule has 2 aromatic heterocycles. The van der Waals surface area contributed by atoms with Crippen molar-refractivity contribution in [1.82, 2.24) is 20.1 Å². The van der Waals surface area contributed by atoms with Crippen LogP contribution in [0.15, 0.2) is 36.5 Å². The number of benzene rings is 1. The van der Waals surface area contributed by atoms with Crippen molar-refractivity contribution in [3.05, 3.63) is 47.9 Å². The van der Waals surface area contributed by atoms with E-state index in [4.69, 9.17) is 4.74 Å². The van der Waals surface area contributed by atoms with Gasteiger partial charge in [-0.15, -0.1) is 0 Å². The summed E-state index contributed by atoms with van der Waals surface area (Å²) in [5.41, 5.74) is -0.687. The first kappa shape index (κ1) is 19.7. The molecule has 4 rings (SSSR count). The monoisotopic (exact) mass is 419 g/mol. The van der Waals surface area contributed by atoms with Crippen LogP contribution in [0.4, 0.5) is 18.9 Å². The van der Waals surface area contributed by atoms with Crippen LogP contribution in [-0.2, 0) is 11.0 Å². The van der Waals surface area contributed by atoms with Crippen LogP contribution >= 0.6 is 0 Å². The van der Waals surface area contributed by atoms with Gasteiger partial charge in [0.25, 0.3) is 5.91 Å². The molecule has 0 radical (unpaired) electrons. The van der Waals surface area contributed by atoms with E-state index >= 15 is 0 Å². The second-order valence-corrected chi connectivity index (χ2v) is 6.74. The Kier molecular flexibility index (Phi) is 4.80. The maximum atomic E-state index is 12.9. The van der Waals surface area contributed by atoms with E-state index in [0.29, 0.717) is 23.9 Å². The third-order valence-corrected chi connectivity index (χ3v) is 4.69. The summed E-state index contributed by atoms with van der Waals surface area (Å²) < 4.78 is 45.5. The second kappa shape index (κ2) is 7.32. The molecule has 0 spiro atoms. The minimum absolute atomic E-state index is 0.0568. The van der Waals surface area contributed by atoms with Gasteiger partial charge in [0.1, 0.15) is 17.1 Å². The molecule has 30 heavy (non-hydrogen) atoms. The number of nitrogens with one attached hydrogen (secondary N) is 2. The van der Waals surface area contributed by atoms with Crippen LogP contribution < -0.4 is 15.4 Å². The van der Waals surface area contributed by atoms with Crippen molar-refractivity contribution in [2.75, 3.05) is 19.0 Å². The second-order valence-electron chi connectivity index (χ2n) is 6.74. The van der Waals surface area contributed by atoms with Gasteiger partial charge in [-0.1, -0.05) is 6.07 Å². The highest BCUT2D eigenvalue weighted by molar-refractivity contribution is 6.05. The van der Waals surface area contributed by atoms with Crippen LogP contribution in [0.3, 0.4) is 0 Å². The molecule has 3 aromatic rings. The van der Waals surface area contributed by atoms with Gasteiger partial charge in [0, 0.05) is 24.2 Å². The Morgan fingerprint density at radius 1 is 1.33 bits per heavy atom. The number of methoxy groups -OCH3 is 1. The number of aromatic nitrogens is 3. The number of hydrogen-bond donors (Lipinski definition) is 2. The number of carbonyl (C=O) groups excluding carboxylic acids is 2. The van der Waals surface area contributed by atoms with Crippen LogP contribution in [-0.4, -0.2) is 40.2 Å². The molecule has 1 fully saturated rings. The lowest BCUT2D eigenvalue weighted by atomic mass is 10.2. The topological polar surface area (TPSA) is 98.1 Å². The van der Waals surface area contributed by atoms with Gasteiger partial charge in [0.15, 0.2) is 0 Å². The Labute approximate surface area is 168 Å². The number of carbonyl (C=O) groups is 2. The van der Waals surface area contributed by atoms with Gasteiger partial charge in [0.05, 0.1) is 30.8 Å². The molecule has 1 saturated heterocycles. The SMILES string of the molecule is COc1cc2nn(C3CNC(=O)C3)cc2cc1NC(=O)c1cccc(C(F)(F)F)n1. The minimum Gasteiger partial charge on any atom is -0.494 e. The molecule has 1 aromatic carbocycles. The predicted molar refractivity (Wildman–Crippen MR) is 100 cm³/mol. The zero-order chi connectivity index (χ0) is 21.5. The highest BCUT2D eigenvalue weighted by atomic mass is 19.4. The summed E-state index contributed by atoms with van der Waals surface area (Å²) in [4.78, 5) is 27.3. The molecular formula is C19H16F3N5O3. The number of rotatable bonds is 4. The van der Waals surface area contributed by atoms with Crippen molar-refractivity contribution in [3.8, 4) is 5.75 Å². The van der Waals surface area contributed by atoms with Crippen LogP contribution in [0.5, 0.6) is 5.75 Å². The van der Waals surface area contributed by atoms with Crippen LogP contribution in [0.2, 0.25) is 0 Å². The lowest BCUT2D eigenvalue weighted by Gasteiger charge is -2.11. The van der Waals surface area contributed by atoms with Gasteiger partial charge in [-0.2, -0.15) is 18.3 Å². The molecule has 8 nitrogen and oxygen atoms in total. The van der Waals surface area contributed by atoms with E-state index in [2.05, 4.69) is 20.7 Å². The Morgan fingerprint density at radius 2 is 2.13 bits per heavy atom. The zero-order valence-electron chi connectivity index (χ0n) is 15.7. The van der Waals surface area contributed by atoms with E-state index in [9.17, 15) is 22.8 Å². The van der Waals surface area contributed by atoms with Gasteiger partial charge < -0.3 is 15.4 Å². The molecule has 0 aliphatic carbocycles. The van der Waals surface area contributed by atoms with Crippen molar-refractivity contribution < 1.29 is 27.5 Å². The molecule has 2 amide bonds. The molecule has 1 unspecified atom stereocenters. The maximum absolute atomic E-state index is 12.9. The minimum atomic E-state index is -4.65. The summed E-state index contributed by atoms with van der Waals surface area (Å²) in [6.45, 7) is 0.467. The predicted octanol–water partition coefficient (Wildman–Crippen LogP) is 2.77. The quantitative estimate of drug-likeness (QED) is 0.678. The van der Waals surface area contributed by atoms with Crippen molar-refractivity contribution in [1.29, 1.82) is 0 Å². The third-order valence-electron chi connectivity index (χ3n) is 4.69. The highest BCUT2D eigenvalue weighted by Crippen LogP contribution is 2.32. The molecule has 156 valence electrons. The van der Waals surface area contributed by atoms with Gasteiger partial charge >= 0.3 is 6.18 Å². The summed E-state index contributed by atoms with van der Waals surface area (Å²) in [7, 11) is 1.40. The fraction of sp³-hybridized carbons (Fsp3) is 0.263. The van der Waals surface area contributed by atoms with Crippen molar-refractivity contribution >= 4 is 28.4 Å². The van der Waals surface area contributed by atoms with E-state index in [-0.39, 0.29) is 29.1 Å². The molecule has 2 N–H and O–H groups in total. The Bertz CT molecular complexity index is 1140. The van der Waals surface area contributed by atoms with Crippen molar-refractivity contribution in [3.63, 3.8) is 0 Å². The lowest BCUT2D eigenvalue weighted by molar-refractivity contribution is -0.141. The smallest absolute Gasteiger partial charge is 0.433 e. The summed E-state index contributed by atoms with van der Waals surface area (Å²) in [5.74, 6) is -0.580. The summed E-state index contributed by atoms with van der Waals surface area (Å²) in [6.07, 6.45) is -2.61. The summed E-state index contributed by atoms with van der Waals surface area (Å²) in [5, 5.41) is 10.4. The van der Waals surface area contributed by atoms with E-state index in [1.54, 1.807) is 23.0 Å². The molecule has 1 aliphatic heterocycles. The Hall–Kier alpha value is -3.63. The van der Waals surface area contributed by atoms with E-state index in [0.717, 1.165) is 12.1 Å². The molecule has 1 aliphatic rings. The number of anilines is 1. The van der Waals surface area contributed by atoms with E-state index in [1.165, 1.54) is 13.2 Å². The lowest BCUT2D eigenvalue weighted by Crippen LogP contribution is -2.17. The zero-order valence-corrected chi connectivity index (χ0v) is 15.7. The van der Waals surface area contributed by atoms with E-state index in [1.807, 2.05) is 0 Å². The standard InChI is InChI=1S/C19H16F3N5O3/c1-30-15-7-13-10(9-27(26-13)11-6-17(28)23-8-11)5-14(15)25-18(29)12-3-2-4-16(24-12)19(20,21)22/h2-5,7,9,11H,6,8H2,1H3,(H,23,28)(H,25,29). The van der Waals surface area contributed by atoms with Gasteiger partial charge in [0.2, 0.25) is 5.91 Å². The van der Waals surface area contributed by atoms with E-state index < -0.39 is 17.8 Å². The number of pyridine rings is 1. The fourth-order valence-electron chi connectivity index (χ4n) is 3.21. The van der Waals surface area contributed by atoms with Gasteiger partial charge in [-0.25, -0.2) is 4.98 Å². The van der Waals surface area contributed by atoms with Crippen molar-refractivity contribution in [2.24, 2.45) is 0 Å². The van der Waals surface area contributed by atoms with Crippen LogP contribution in [0.1, 0.15) is 28.6 Å². The molecule has 0 saturated carbocycles. The fourth-order valence-corrected chi connectivity index (χ4v) is 3.21. The summed E-state index contributed by atoms with van der Waals surface area (Å²) >= 11 is 0. The van der Waals surface area contributed by atoms with Gasteiger partial charge in [-0.05, 0) is 18.2 Å². The Balaban J connectivity index is 1.63. The molecule has 11 heteroatoms. The number of alkyl halides is 3. The number of amides is 2. The number of hydrogen-bond acceptors (Lipinski definition) is 5. The summed E-state index contributed by atoms with van der Waals surface area (Å²) in [6, 6.07) is 6.19. The Morgan fingerprint density at radius 3 is 2.80 bits per heavy atom. The maximum Gasteiger partial charge on any atom is 0.433 e. The average Bonchev–Trinajstić information content (AvgIpc) is 3.32. The first-order valence-corrected chi connectivity index (χ1v) is 8.94. The van der Waals surface area contributed by atoms with Crippen molar-refractivity contribution in [2.45, 2.75) is 18.6 Å². The number of fused-ring (bicyclic) bond motifs is 1. The first-order chi connectivity index (χ1) is 14.2. The molecule has 0 bridgehead atoms. The largest absolute Gasteiger partial charge is 0.494 e. The first-order valence-electron chi connectivity index (χ1n) is 8.94. The van der Waals surface area contributed by atoms with Crippen LogP contribution in [0, 0.1) is 0 Å². The highest BCUT2D eigenvalue weighted by Gasteiger charge is 2.33.